The molecule has 0 radical (unpaired) electrons. The van der Waals surface area contributed by atoms with Gasteiger partial charge in [0.25, 0.3) is 0 Å². The number of benzene rings is 1. The van der Waals surface area contributed by atoms with E-state index in [1.54, 1.807) is 19.9 Å². The standard InChI is InChI=1S/C12H16FNO/c1-7-6-8(2)12(13)9(3)11(7)10(15)4-5-14/h6H,4-5,14H2,1-3H3. The van der Waals surface area contributed by atoms with Gasteiger partial charge in [-0.3, -0.25) is 4.79 Å². The van der Waals surface area contributed by atoms with Gasteiger partial charge in [0, 0.05) is 12.0 Å². The van der Waals surface area contributed by atoms with Crippen LogP contribution in [0, 0.1) is 26.6 Å². The Labute approximate surface area is 89.3 Å². The Kier molecular flexibility index (Phi) is 3.58. The van der Waals surface area contributed by atoms with E-state index in [1.165, 1.54) is 0 Å². The van der Waals surface area contributed by atoms with Gasteiger partial charge in [0.1, 0.15) is 5.82 Å². The van der Waals surface area contributed by atoms with Crippen LogP contribution in [0.1, 0.15) is 33.5 Å². The fourth-order valence-electron chi connectivity index (χ4n) is 1.85. The number of carbonyl (C=O) groups is 1. The molecule has 0 amide bonds. The van der Waals surface area contributed by atoms with Crippen LogP contribution in [0.4, 0.5) is 4.39 Å². The third-order valence-corrected chi connectivity index (χ3v) is 2.53. The highest BCUT2D eigenvalue weighted by Gasteiger charge is 2.16. The zero-order valence-corrected chi connectivity index (χ0v) is 9.36. The minimum absolute atomic E-state index is 0.0774. The van der Waals surface area contributed by atoms with E-state index in [-0.39, 0.29) is 18.0 Å². The molecule has 0 fully saturated rings. The van der Waals surface area contributed by atoms with Crippen molar-refractivity contribution < 1.29 is 9.18 Å². The van der Waals surface area contributed by atoms with Crippen molar-refractivity contribution in [2.75, 3.05) is 6.54 Å². The zero-order chi connectivity index (χ0) is 11.6. The van der Waals surface area contributed by atoms with Crippen molar-refractivity contribution in [3.63, 3.8) is 0 Å². The van der Waals surface area contributed by atoms with Crippen molar-refractivity contribution in [3.8, 4) is 0 Å². The second-order valence-corrected chi connectivity index (χ2v) is 3.79. The molecular weight excluding hydrogens is 193 g/mol. The molecule has 0 unspecified atom stereocenters. The molecule has 0 aliphatic heterocycles. The second kappa shape index (κ2) is 4.53. The number of ketones is 1. The summed E-state index contributed by atoms with van der Waals surface area (Å²) >= 11 is 0. The molecule has 0 heterocycles. The predicted molar refractivity (Wildman–Crippen MR) is 58.6 cm³/mol. The van der Waals surface area contributed by atoms with Crippen LogP contribution < -0.4 is 5.73 Å². The van der Waals surface area contributed by atoms with E-state index < -0.39 is 0 Å². The van der Waals surface area contributed by atoms with E-state index in [2.05, 4.69) is 0 Å². The normalized spacial score (nSPS) is 10.5. The highest BCUT2D eigenvalue weighted by molar-refractivity contribution is 5.99. The Morgan fingerprint density at radius 3 is 2.47 bits per heavy atom. The van der Waals surface area contributed by atoms with Crippen LogP contribution in [-0.4, -0.2) is 12.3 Å². The molecule has 0 spiro atoms. The molecular formula is C12H16FNO. The Balaban J connectivity index is 3.29. The van der Waals surface area contributed by atoms with E-state index in [9.17, 15) is 9.18 Å². The Bertz CT molecular complexity index is 399. The topological polar surface area (TPSA) is 43.1 Å². The third-order valence-electron chi connectivity index (χ3n) is 2.53. The Morgan fingerprint density at radius 1 is 1.33 bits per heavy atom. The summed E-state index contributed by atoms with van der Waals surface area (Å²) in [5.74, 6) is -0.368. The lowest BCUT2D eigenvalue weighted by atomic mass is 9.94. The number of hydrogen-bond donors (Lipinski definition) is 1. The third kappa shape index (κ3) is 2.23. The highest BCUT2D eigenvalue weighted by Crippen LogP contribution is 2.21. The average molecular weight is 209 g/mol. The van der Waals surface area contributed by atoms with Gasteiger partial charge in [0.15, 0.2) is 5.78 Å². The molecule has 2 N–H and O–H groups in total. The van der Waals surface area contributed by atoms with E-state index in [1.807, 2.05) is 6.92 Å². The van der Waals surface area contributed by atoms with E-state index in [4.69, 9.17) is 5.73 Å². The molecule has 2 nitrogen and oxygen atoms in total. The number of nitrogens with two attached hydrogens (primary N) is 1. The van der Waals surface area contributed by atoms with Gasteiger partial charge in [0.05, 0.1) is 0 Å². The molecule has 0 aromatic heterocycles. The SMILES string of the molecule is Cc1cc(C)c(C(=O)CCN)c(C)c1F. The van der Waals surface area contributed by atoms with Crippen LogP contribution in [0.2, 0.25) is 0 Å². The van der Waals surface area contributed by atoms with Crippen molar-refractivity contribution in [2.45, 2.75) is 27.2 Å². The van der Waals surface area contributed by atoms with Crippen LogP contribution in [0.15, 0.2) is 6.07 Å². The molecule has 0 atom stereocenters. The van der Waals surface area contributed by atoms with Crippen LogP contribution in [0.5, 0.6) is 0 Å². The molecule has 0 saturated heterocycles. The summed E-state index contributed by atoms with van der Waals surface area (Å²) in [5.41, 5.74) is 7.65. The number of carbonyl (C=O) groups excluding carboxylic acids is 1. The van der Waals surface area contributed by atoms with Gasteiger partial charge in [-0.25, -0.2) is 4.39 Å². The summed E-state index contributed by atoms with van der Waals surface area (Å²) < 4.78 is 13.6. The summed E-state index contributed by atoms with van der Waals surface area (Å²) in [6.07, 6.45) is 0.268. The van der Waals surface area contributed by atoms with Crippen molar-refractivity contribution in [3.05, 3.63) is 34.1 Å². The maximum atomic E-state index is 13.6. The van der Waals surface area contributed by atoms with Crippen molar-refractivity contribution in [1.29, 1.82) is 0 Å². The number of hydrogen-bond acceptors (Lipinski definition) is 2. The van der Waals surface area contributed by atoms with Gasteiger partial charge in [-0.15, -0.1) is 0 Å². The molecule has 1 aromatic carbocycles. The first kappa shape index (κ1) is 11.9. The molecule has 0 saturated carbocycles. The summed E-state index contributed by atoms with van der Waals surface area (Å²) in [4.78, 5) is 11.7. The minimum Gasteiger partial charge on any atom is -0.330 e. The molecule has 0 aliphatic rings. The average Bonchev–Trinajstić information content (AvgIpc) is 2.15. The Hall–Kier alpha value is -1.22. The smallest absolute Gasteiger partial charge is 0.164 e. The van der Waals surface area contributed by atoms with Crippen LogP contribution >= 0.6 is 0 Å². The lowest BCUT2D eigenvalue weighted by Gasteiger charge is -2.11. The first-order chi connectivity index (χ1) is 6.99. The van der Waals surface area contributed by atoms with E-state index in [0.29, 0.717) is 23.2 Å². The van der Waals surface area contributed by atoms with E-state index in [0.717, 1.165) is 5.56 Å². The summed E-state index contributed by atoms with van der Waals surface area (Å²) in [7, 11) is 0. The predicted octanol–water partition coefficient (Wildman–Crippen LogP) is 2.28. The number of rotatable bonds is 3. The quantitative estimate of drug-likeness (QED) is 0.776. The fourth-order valence-corrected chi connectivity index (χ4v) is 1.85. The lowest BCUT2D eigenvalue weighted by molar-refractivity contribution is 0.0983. The maximum absolute atomic E-state index is 13.6. The van der Waals surface area contributed by atoms with Gasteiger partial charge in [-0.1, -0.05) is 6.07 Å². The minimum atomic E-state index is -0.291. The zero-order valence-electron chi connectivity index (χ0n) is 9.36. The summed E-state index contributed by atoms with van der Waals surface area (Å²) in [6, 6.07) is 1.70. The molecule has 15 heavy (non-hydrogen) atoms. The number of aryl methyl sites for hydroxylation is 2. The highest BCUT2D eigenvalue weighted by atomic mass is 19.1. The van der Waals surface area contributed by atoms with Crippen molar-refractivity contribution >= 4 is 5.78 Å². The first-order valence-corrected chi connectivity index (χ1v) is 4.98. The van der Waals surface area contributed by atoms with E-state index >= 15 is 0 Å². The second-order valence-electron chi connectivity index (χ2n) is 3.79. The lowest BCUT2D eigenvalue weighted by Crippen LogP contribution is -2.12. The van der Waals surface area contributed by atoms with Gasteiger partial charge < -0.3 is 5.73 Å². The van der Waals surface area contributed by atoms with Gasteiger partial charge >= 0.3 is 0 Å². The monoisotopic (exact) mass is 209 g/mol. The number of halogens is 1. The summed E-state index contributed by atoms with van der Waals surface area (Å²) in [5, 5.41) is 0. The van der Waals surface area contributed by atoms with Crippen LogP contribution in [0.3, 0.4) is 0 Å². The molecule has 1 rings (SSSR count). The van der Waals surface area contributed by atoms with Crippen LogP contribution in [0.25, 0.3) is 0 Å². The van der Waals surface area contributed by atoms with Gasteiger partial charge in [-0.2, -0.15) is 0 Å². The fraction of sp³-hybridized carbons (Fsp3) is 0.417. The molecule has 0 aliphatic carbocycles. The van der Waals surface area contributed by atoms with Gasteiger partial charge in [0.2, 0.25) is 0 Å². The van der Waals surface area contributed by atoms with Crippen molar-refractivity contribution in [2.24, 2.45) is 5.73 Å². The Morgan fingerprint density at radius 2 is 1.93 bits per heavy atom. The molecule has 1 aromatic rings. The molecule has 82 valence electrons. The van der Waals surface area contributed by atoms with Crippen LogP contribution in [-0.2, 0) is 0 Å². The number of Topliss-reactive ketones (excluding diaryl/α,β-unsaturated/α-hetero) is 1. The molecule has 0 bridgehead atoms. The summed E-state index contributed by atoms with van der Waals surface area (Å²) in [6.45, 7) is 5.46. The maximum Gasteiger partial charge on any atom is 0.164 e. The first-order valence-electron chi connectivity index (χ1n) is 4.98. The van der Waals surface area contributed by atoms with Crippen molar-refractivity contribution in [1.82, 2.24) is 0 Å². The largest absolute Gasteiger partial charge is 0.330 e. The van der Waals surface area contributed by atoms with Gasteiger partial charge in [-0.05, 0) is 44.0 Å². The molecule has 3 heteroatoms.